The lowest BCUT2D eigenvalue weighted by Gasteiger charge is -2.15. The van der Waals surface area contributed by atoms with E-state index in [1.165, 1.54) is 7.11 Å². The Morgan fingerprint density at radius 2 is 1.93 bits per heavy atom. The van der Waals surface area contributed by atoms with Gasteiger partial charge in [-0.2, -0.15) is 0 Å². The highest BCUT2D eigenvalue weighted by molar-refractivity contribution is 14.1. The lowest BCUT2D eigenvalue weighted by molar-refractivity contribution is -0.141. The maximum absolute atomic E-state index is 11.2. The second kappa shape index (κ2) is 5.46. The van der Waals surface area contributed by atoms with Crippen molar-refractivity contribution in [3.63, 3.8) is 0 Å². The first kappa shape index (κ1) is 12.4. The predicted molar refractivity (Wildman–Crippen MR) is 66.0 cm³/mol. The van der Waals surface area contributed by atoms with Gasteiger partial charge in [0.25, 0.3) is 0 Å². The summed E-state index contributed by atoms with van der Waals surface area (Å²) in [6.45, 7) is 1.97. The van der Waals surface area contributed by atoms with Gasteiger partial charge in [-0.3, -0.25) is 4.79 Å². The van der Waals surface area contributed by atoms with E-state index in [9.17, 15) is 9.90 Å². The average Bonchev–Trinajstić information content (AvgIpc) is 2.27. The number of benzene rings is 1. The number of ether oxygens (including phenoxy) is 1. The first-order valence-electron chi connectivity index (χ1n) is 4.52. The molecule has 15 heavy (non-hydrogen) atoms. The summed E-state index contributed by atoms with van der Waals surface area (Å²) < 4.78 is 4.00. The first-order chi connectivity index (χ1) is 7.06. The second-order valence-electron chi connectivity index (χ2n) is 3.28. The monoisotopic (exact) mass is 320 g/mol. The Bertz CT molecular complexity index is 334. The molecule has 0 heterocycles. The van der Waals surface area contributed by atoms with Crippen LogP contribution in [-0.2, 0) is 9.53 Å². The molecule has 0 saturated heterocycles. The van der Waals surface area contributed by atoms with Crippen molar-refractivity contribution < 1.29 is 14.6 Å². The van der Waals surface area contributed by atoms with E-state index in [-0.39, 0.29) is 0 Å². The van der Waals surface area contributed by atoms with Crippen molar-refractivity contribution in [1.29, 1.82) is 0 Å². The van der Waals surface area contributed by atoms with E-state index in [4.69, 9.17) is 0 Å². The van der Waals surface area contributed by atoms with Gasteiger partial charge in [0.2, 0.25) is 0 Å². The van der Waals surface area contributed by atoms with E-state index in [2.05, 4.69) is 4.74 Å². The lowest BCUT2D eigenvalue weighted by Crippen LogP contribution is -2.23. The third-order valence-electron chi connectivity index (χ3n) is 2.12. The van der Waals surface area contributed by atoms with Gasteiger partial charge in [-0.05, 0) is 12.5 Å². The predicted octanol–water partition coefficient (Wildman–Crippen LogP) is 2.01. The highest BCUT2D eigenvalue weighted by Gasteiger charge is 2.25. The number of esters is 1. The van der Waals surface area contributed by atoms with Gasteiger partial charge >= 0.3 is 5.97 Å². The fraction of sp³-hybridized carbons (Fsp3) is 0.364. The number of methoxy groups -OCH3 is 1. The highest BCUT2D eigenvalue weighted by atomic mass is 127. The molecule has 3 nitrogen and oxygen atoms in total. The topological polar surface area (TPSA) is 46.5 Å². The summed E-state index contributed by atoms with van der Waals surface area (Å²) in [4.78, 5) is 11.2. The summed E-state index contributed by atoms with van der Waals surface area (Å²) in [5, 5.41) is 9.87. The van der Waals surface area contributed by atoms with Crippen LogP contribution in [0.2, 0.25) is 0 Å². The van der Waals surface area contributed by atoms with Gasteiger partial charge in [0.1, 0.15) is 10.0 Å². The number of carbonyl (C=O) groups is 1. The van der Waals surface area contributed by atoms with Crippen molar-refractivity contribution in [1.82, 2.24) is 0 Å². The summed E-state index contributed by atoms with van der Waals surface area (Å²) in [7, 11) is 1.32. The average molecular weight is 320 g/mol. The molecule has 0 spiro atoms. The molecule has 0 fully saturated rings. The van der Waals surface area contributed by atoms with Gasteiger partial charge in [0, 0.05) is 0 Å². The molecule has 0 saturated carbocycles. The number of carbonyl (C=O) groups excluding carboxylic acids is 1. The van der Waals surface area contributed by atoms with E-state index in [1.54, 1.807) is 0 Å². The summed E-state index contributed by atoms with van der Waals surface area (Å²) in [6.07, 6.45) is -0.821. The van der Waals surface area contributed by atoms with Gasteiger partial charge < -0.3 is 9.84 Å². The maximum atomic E-state index is 11.2. The minimum atomic E-state index is -0.821. The number of hydrogen-bond acceptors (Lipinski definition) is 3. The van der Waals surface area contributed by atoms with Crippen LogP contribution in [-0.4, -0.2) is 22.1 Å². The SMILES string of the molecule is COC(=O)[C@H](I)[C@H](O)c1ccc(C)cc1. The highest BCUT2D eigenvalue weighted by Crippen LogP contribution is 2.23. The largest absolute Gasteiger partial charge is 0.468 e. The molecule has 4 heteroatoms. The van der Waals surface area contributed by atoms with Gasteiger partial charge in [0.15, 0.2) is 0 Å². The summed E-state index contributed by atoms with van der Waals surface area (Å²) in [5.74, 6) is -0.413. The molecule has 0 unspecified atom stereocenters. The Hall–Kier alpha value is -0.620. The van der Waals surface area contributed by atoms with E-state index in [1.807, 2.05) is 53.8 Å². The number of aryl methyl sites for hydroxylation is 1. The second-order valence-corrected chi connectivity index (χ2v) is 4.62. The van der Waals surface area contributed by atoms with Gasteiger partial charge in [0.05, 0.1) is 7.11 Å². The Morgan fingerprint density at radius 1 is 1.40 bits per heavy atom. The molecule has 0 aromatic heterocycles. The van der Waals surface area contributed by atoms with Crippen molar-refractivity contribution in [2.45, 2.75) is 17.0 Å². The van der Waals surface area contributed by atoms with Crippen LogP contribution in [0.15, 0.2) is 24.3 Å². The van der Waals surface area contributed by atoms with Crippen LogP contribution in [0.3, 0.4) is 0 Å². The van der Waals surface area contributed by atoms with Crippen LogP contribution in [0.1, 0.15) is 17.2 Å². The van der Waals surface area contributed by atoms with Crippen molar-refractivity contribution in [3.8, 4) is 0 Å². The van der Waals surface area contributed by atoms with Gasteiger partial charge in [-0.1, -0.05) is 52.4 Å². The zero-order valence-corrected chi connectivity index (χ0v) is 10.8. The minimum Gasteiger partial charge on any atom is -0.468 e. The molecule has 1 N–H and O–H groups in total. The molecule has 2 atom stereocenters. The lowest BCUT2D eigenvalue weighted by atomic mass is 10.1. The quantitative estimate of drug-likeness (QED) is 0.526. The summed E-state index contributed by atoms with van der Waals surface area (Å²) in [6, 6.07) is 7.43. The fourth-order valence-corrected chi connectivity index (χ4v) is 1.84. The van der Waals surface area contributed by atoms with Crippen molar-refractivity contribution in [3.05, 3.63) is 35.4 Å². The summed E-state index contributed by atoms with van der Waals surface area (Å²) in [5.41, 5.74) is 1.85. The fourth-order valence-electron chi connectivity index (χ4n) is 1.17. The number of halogens is 1. The standard InChI is InChI=1S/C11H13IO3/c1-7-3-5-8(6-4-7)10(13)9(12)11(14)15-2/h3-6,9-10,13H,1-2H3/t9-,10-/m1/s1. The molecule has 1 aromatic rings. The molecule has 0 aliphatic carbocycles. The van der Waals surface area contributed by atoms with Crippen LogP contribution < -0.4 is 0 Å². The third kappa shape index (κ3) is 3.17. The molecule has 0 aliphatic rings. The molecule has 0 bridgehead atoms. The van der Waals surface area contributed by atoms with E-state index in [0.717, 1.165) is 11.1 Å². The molecular formula is C11H13IO3. The zero-order chi connectivity index (χ0) is 11.4. The number of aliphatic hydroxyl groups excluding tert-OH is 1. The number of aliphatic hydroxyl groups is 1. The number of alkyl halides is 1. The summed E-state index contributed by atoms with van der Waals surface area (Å²) >= 11 is 1.88. The number of rotatable bonds is 3. The van der Waals surface area contributed by atoms with Crippen LogP contribution >= 0.6 is 22.6 Å². The maximum Gasteiger partial charge on any atom is 0.321 e. The van der Waals surface area contributed by atoms with Crippen molar-refractivity contribution in [2.24, 2.45) is 0 Å². The molecule has 1 rings (SSSR count). The Labute approximate surface area is 103 Å². The normalized spacial score (nSPS) is 14.4. The first-order valence-corrected chi connectivity index (χ1v) is 5.77. The number of hydrogen-bond donors (Lipinski definition) is 1. The smallest absolute Gasteiger partial charge is 0.321 e. The Morgan fingerprint density at radius 3 is 2.40 bits per heavy atom. The zero-order valence-electron chi connectivity index (χ0n) is 8.61. The van der Waals surface area contributed by atoms with Crippen LogP contribution in [0.5, 0.6) is 0 Å². The van der Waals surface area contributed by atoms with E-state index >= 15 is 0 Å². The van der Waals surface area contributed by atoms with Gasteiger partial charge in [-0.15, -0.1) is 0 Å². The van der Waals surface area contributed by atoms with Crippen molar-refractivity contribution >= 4 is 28.6 Å². The Balaban J connectivity index is 2.80. The van der Waals surface area contributed by atoms with Crippen LogP contribution in [0.4, 0.5) is 0 Å². The molecule has 0 amide bonds. The van der Waals surface area contributed by atoms with Gasteiger partial charge in [-0.25, -0.2) is 0 Å². The minimum absolute atomic E-state index is 0.413. The molecule has 82 valence electrons. The molecular weight excluding hydrogens is 307 g/mol. The Kier molecular flexibility index (Phi) is 4.53. The van der Waals surface area contributed by atoms with E-state index < -0.39 is 16.0 Å². The molecule has 0 aliphatic heterocycles. The molecule has 1 aromatic carbocycles. The van der Waals surface area contributed by atoms with E-state index in [0.29, 0.717) is 0 Å². The van der Waals surface area contributed by atoms with Crippen LogP contribution in [0, 0.1) is 6.92 Å². The third-order valence-corrected chi connectivity index (χ3v) is 3.31. The van der Waals surface area contributed by atoms with Crippen LogP contribution in [0.25, 0.3) is 0 Å². The molecule has 0 radical (unpaired) electrons. The van der Waals surface area contributed by atoms with Crippen molar-refractivity contribution in [2.75, 3.05) is 7.11 Å².